The Morgan fingerprint density at radius 2 is 2.12 bits per heavy atom. The van der Waals surface area contributed by atoms with E-state index in [1.807, 2.05) is 30.3 Å². The van der Waals surface area contributed by atoms with E-state index in [0.29, 0.717) is 18.6 Å². The Bertz CT molecular complexity index is 677. The summed E-state index contributed by atoms with van der Waals surface area (Å²) in [6.07, 6.45) is 1.19. The highest BCUT2D eigenvalue weighted by Crippen LogP contribution is 2.45. The molecule has 24 heavy (non-hydrogen) atoms. The molecule has 0 radical (unpaired) electrons. The number of methoxy groups -OCH3 is 1. The molecule has 7 nitrogen and oxygen atoms in total. The number of esters is 1. The van der Waals surface area contributed by atoms with Gasteiger partial charge in [-0.2, -0.15) is 0 Å². The number of rotatable bonds is 3. The average molecular weight is 346 g/mol. The summed E-state index contributed by atoms with van der Waals surface area (Å²) in [7, 11) is 1.32. The van der Waals surface area contributed by atoms with Crippen LogP contribution in [-0.2, 0) is 14.3 Å². The Kier molecular flexibility index (Phi) is 4.97. The van der Waals surface area contributed by atoms with Gasteiger partial charge in [0.2, 0.25) is 5.91 Å². The van der Waals surface area contributed by atoms with Crippen LogP contribution < -0.4 is 0 Å². The number of nitrogens with zero attached hydrogens (tertiary/aromatic N) is 4. The van der Waals surface area contributed by atoms with Crippen molar-refractivity contribution < 1.29 is 14.3 Å². The second-order valence-corrected chi connectivity index (χ2v) is 6.99. The number of carbonyl (C=O) groups excluding carboxylic acids is 2. The number of hydrogen-bond acceptors (Lipinski definition) is 5. The maximum Gasteiger partial charge on any atom is 0.329 e. The summed E-state index contributed by atoms with van der Waals surface area (Å²) in [4.78, 5) is 29.3. The minimum Gasteiger partial charge on any atom is -0.467 e. The standard InChI is InChI=1S/C16H18N4O3S/c1-23-16(22)13-9-24-14(10-5-3-2-4-6-10)12-8-7-11(18-19-17)15(21)20(12)13/h2-6,11-14H,7-9H2,1H3. The molecule has 0 bridgehead atoms. The van der Waals surface area contributed by atoms with Gasteiger partial charge < -0.3 is 9.64 Å². The molecule has 1 amide bonds. The first-order valence-corrected chi connectivity index (χ1v) is 8.83. The summed E-state index contributed by atoms with van der Waals surface area (Å²) in [5.74, 6) is -0.230. The first kappa shape index (κ1) is 16.7. The number of benzene rings is 1. The zero-order valence-corrected chi connectivity index (χ0v) is 14.1. The van der Waals surface area contributed by atoms with E-state index >= 15 is 0 Å². The fourth-order valence-electron chi connectivity index (χ4n) is 3.44. The van der Waals surface area contributed by atoms with E-state index in [0.717, 1.165) is 5.56 Å². The molecule has 2 aliphatic heterocycles. The van der Waals surface area contributed by atoms with Crippen molar-refractivity contribution in [1.82, 2.24) is 4.90 Å². The highest BCUT2D eigenvalue weighted by molar-refractivity contribution is 7.99. The molecule has 4 unspecified atom stereocenters. The highest BCUT2D eigenvalue weighted by atomic mass is 32.2. The number of azide groups is 1. The van der Waals surface area contributed by atoms with Crippen LogP contribution in [0.15, 0.2) is 35.4 Å². The van der Waals surface area contributed by atoms with Gasteiger partial charge in [-0.05, 0) is 23.9 Å². The molecular formula is C16H18N4O3S. The minimum atomic E-state index is -0.738. The summed E-state index contributed by atoms with van der Waals surface area (Å²) in [6, 6.07) is 8.51. The average Bonchev–Trinajstić information content (AvgIpc) is 2.63. The van der Waals surface area contributed by atoms with E-state index in [2.05, 4.69) is 10.0 Å². The van der Waals surface area contributed by atoms with Crippen LogP contribution in [0.5, 0.6) is 0 Å². The van der Waals surface area contributed by atoms with Crippen LogP contribution in [0.3, 0.4) is 0 Å². The number of carbonyl (C=O) groups is 2. The van der Waals surface area contributed by atoms with Crippen LogP contribution in [0.4, 0.5) is 0 Å². The van der Waals surface area contributed by atoms with Gasteiger partial charge in [-0.3, -0.25) is 4.79 Å². The van der Waals surface area contributed by atoms with Crippen LogP contribution in [-0.4, -0.2) is 47.8 Å². The lowest BCUT2D eigenvalue weighted by Gasteiger charge is -2.48. The maximum atomic E-state index is 12.8. The van der Waals surface area contributed by atoms with Crippen molar-refractivity contribution in [2.75, 3.05) is 12.9 Å². The van der Waals surface area contributed by atoms with Crippen LogP contribution in [0, 0.1) is 0 Å². The maximum absolute atomic E-state index is 12.8. The van der Waals surface area contributed by atoms with E-state index in [-0.39, 0.29) is 17.2 Å². The predicted octanol–water partition coefficient (Wildman–Crippen LogP) is 2.69. The van der Waals surface area contributed by atoms with Crippen molar-refractivity contribution in [2.45, 2.75) is 36.2 Å². The molecule has 0 saturated carbocycles. The third-order valence-corrected chi connectivity index (χ3v) is 6.00. The van der Waals surface area contributed by atoms with Crippen molar-refractivity contribution in [3.8, 4) is 0 Å². The molecule has 0 spiro atoms. The fraction of sp³-hybridized carbons (Fsp3) is 0.500. The van der Waals surface area contributed by atoms with Gasteiger partial charge in [0.15, 0.2) is 0 Å². The Labute approximate surface area is 144 Å². The molecule has 4 atom stereocenters. The zero-order valence-electron chi connectivity index (χ0n) is 13.2. The van der Waals surface area contributed by atoms with E-state index in [4.69, 9.17) is 10.3 Å². The Balaban J connectivity index is 1.95. The Hall–Kier alpha value is -2.18. The molecule has 8 heteroatoms. The third-order valence-electron chi connectivity index (χ3n) is 4.54. The summed E-state index contributed by atoms with van der Waals surface area (Å²) < 4.78 is 4.87. The van der Waals surface area contributed by atoms with Gasteiger partial charge in [-0.25, -0.2) is 4.79 Å². The molecule has 2 aliphatic rings. The lowest BCUT2D eigenvalue weighted by molar-refractivity contribution is -0.156. The van der Waals surface area contributed by atoms with Crippen LogP contribution >= 0.6 is 11.8 Å². The molecular weight excluding hydrogens is 328 g/mol. The van der Waals surface area contributed by atoms with Gasteiger partial charge in [0.1, 0.15) is 12.1 Å². The topological polar surface area (TPSA) is 95.4 Å². The number of thioether (sulfide) groups is 1. The Morgan fingerprint density at radius 1 is 1.38 bits per heavy atom. The number of hydrogen-bond donors (Lipinski definition) is 0. The van der Waals surface area contributed by atoms with E-state index in [9.17, 15) is 9.59 Å². The molecule has 1 aromatic rings. The molecule has 0 aromatic heterocycles. The van der Waals surface area contributed by atoms with Gasteiger partial charge in [-0.1, -0.05) is 35.4 Å². The van der Waals surface area contributed by atoms with Gasteiger partial charge >= 0.3 is 5.97 Å². The van der Waals surface area contributed by atoms with Crippen molar-refractivity contribution in [3.63, 3.8) is 0 Å². The summed E-state index contributed by atoms with van der Waals surface area (Å²) in [5, 5.41) is 3.70. The lowest BCUT2D eigenvalue weighted by Crippen LogP contribution is -2.61. The van der Waals surface area contributed by atoms with E-state index in [1.54, 1.807) is 16.7 Å². The number of amides is 1. The monoisotopic (exact) mass is 346 g/mol. The van der Waals surface area contributed by atoms with Gasteiger partial charge in [0.05, 0.1) is 12.4 Å². The summed E-state index contributed by atoms with van der Waals surface area (Å²) in [5.41, 5.74) is 9.81. The molecule has 0 N–H and O–H groups in total. The molecule has 126 valence electrons. The molecule has 3 rings (SSSR count). The van der Waals surface area contributed by atoms with Gasteiger partial charge in [0, 0.05) is 16.7 Å². The fourth-order valence-corrected chi connectivity index (χ4v) is 4.97. The smallest absolute Gasteiger partial charge is 0.329 e. The third kappa shape index (κ3) is 2.95. The van der Waals surface area contributed by atoms with Crippen LogP contribution in [0.2, 0.25) is 0 Å². The zero-order chi connectivity index (χ0) is 17.1. The second kappa shape index (κ2) is 7.15. The summed E-state index contributed by atoms with van der Waals surface area (Å²) >= 11 is 1.67. The first-order valence-electron chi connectivity index (χ1n) is 7.78. The number of piperidine rings is 1. The highest BCUT2D eigenvalue weighted by Gasteiger charge is 2.48. The van der Waals surface area contributed by atoms with Crippen LogP contribution in [0.1, 0.15) is 23.7 Å². The quantitative estimate of drug-likeness (QED) is 0.364. The molecule has 2 fully saturated rings. The van der Waals surface area contributed by atoms with Crippen LogP contribution in [0.25, 0.3) is 10.4 Å². The van der Waals surface area contributed by atoms with Crippen molar-refractivity contribution in [1.29, 1.82) is 0 Å². The number of fused-ring (bicyclic) bond motifs is 1. The van der Waals surface area contributed by atoms with Crippen molar-refractivity contribution >= 4 is 23.6 Å². The molecule has 2 heterocycles. The lowest BCUT2D eigenvalue weighted by atomic mass is 9.90. The van der Waals surface area contributed by atoms with E-state index in [1.165, 1.54) is 7.11 Å². The normalized spacial score (nSPS) is 29.4. The SMILES string of the molecule is COC(=O)C1CSC(c2ccccc2)C2CCC(N=[N+]=[N-])C(=O)N12. The first-order chi connectivity index (χ1) is 11.7. The predicted molar refractivity (Wildman–Crippen MR) is 90.2 cm³/mol. The van der Waals surface area contributed by atoms with Crippen molar-refractivity contribution in [3.05, 3.63) is 46.3 Å². The Morgan fingerprint density at radius 3 is 2.79 bits per heavy atom. The summed E-state index contributed by atoms with van der Waals surface area (Å²) in [6.45, 7) is 0. The molecule has 2 saturated heterocycles. The molecule has 1 aromatic carbocycles. The molecule has 0 aliphatic carbocycles. The van der Waals surface area contributed by atoms with E-state index < -0.39 is 18.1 Å². The second-order valence-electron chi connectivity index (χ2n) is 5.81. The minimum absolute atomic E-state index is 0.100. The van der Waals surface area contributed by atoms with Gasteiger partial charge in [-0.15, -0.1) is 11.8 Å². The largest absolute Gasteiger partial charge is 0.467 e. The van der Waals surface area contributed by atoms with Gasteiger partial charge in [0.25, 0.3) is 0 Å². The number of ether oxygens (including phenoxy) is 1. The van der Waals surface area contributed by atoms with Crippen molar-refractivity contribution in [2.24, 2.45) is 5.11 Å².